The van der Waals surface area contributed by atoms with Crippen LogP contribution >= 0.6 is 0 Å². The van der Waals surface area contributed by atoms with Crippen molar-refractivity contribution < 1.29 is 5.11 Å². The van der Waals surface area contributed by atoms with Crippen molar-refractivity contribution in [3.63, 3.8) is 0 Å². The lowest BCUT2D eigenvalue weighted by Crippen LogP contribution is -2.43. The highest BCUT2D eigenvalue weighted by atomic mass is 16.3. The number of nitrogens with one attached hydrogen (secondary N) is 1. The zero-order valence-corrected chi connectivity index (χ0v) is 13.6. The Morgan fingerprint density at radius 2 is 1.96 bits per heavy atom. The van der Waals surface area contributed by atoms with Crippen molar-refractivity contribution in [1.29, 1.82) is 0 Å². The van der Waals surface area contributed by atoms with Gasteiger partial charge in [0.2, 0.25) is 0 Å². The number of hydrogen-bond acceptors (Lipinski definition) is 3. The molecule has 0 saturated carbocycles. The summed E-state index contributed by atoms with van der Waals surface area (Å²) in [6.45, 7) is 3.07. The molecule has 122 valence electrons. The Morgan fingerprint density at radius 3 is 2.65 bits per heavy atom. The second-order valence-corrected chi connectivity index (χ2v) is 7.29. The Kier molecular flexibility index (Phi) is 3.74. The number of hydrogen-bond donors (Lipinski definition) is 2. The fraction of sp³-hybridized carbons (Fsp3) is 0.526. The molecule has 3 heterocycles. The van der Waals surface area contributed by atoms with Crippen LogP contribution in [0.4, 0.5) is 0 Å². The van der Waals surface area contributed by atoms with Crippen LogP contribution in [-0.4, -0.2) is 33.7 Å². The third-order valence-corrected chi connectivity index (χ3v) is 5.67. The van der Waals surface area contributed by atoms with Crippen molar-refractivity contribution in [2.24, 2.45) is 5.92 Å². The Balaban J connectivity index is 1.62. The highest BCUT2D eigenvalue weighted by Crippen LogP contribution is 2.39. The molecule has 4 heteroatoms. The van der Waals surface area contributed by atoms with Gasteiger partial charge in [-0.2, -0.15) is 0 Å². The molecule has 2 aliphatic heterocycles. The molecule has 4 rings (SSSR count). The molecule has 2 saturated heterocycles. The van der Waals surface area contributed by atoms with E-state index in [2.05, 4.69) is 22.0 Å². The molecule has 2 fully saturated rings. The van der Waals surface area contributed by atoms with E-state index in [0.29, 0.717) is 24.6 Å². The smallest absolute Gasteiger partial charge is 0.252 e. The number of aromatic nitrogens is 1. The average molecular weight is 312 g/mol. The first-order valence-corrected chi connectivity index (χ1v) is 8.63. The number of aromatic amines is 1. The van der Waals surface area contributed by atoms with Gasteiger partial charge in [-0.1, -0.05) is 12.1 Å². The number of rotatable bonds is 3. The van der Waals surface area contributed by atoms with Crippen LogP contribution in [-0.2, 0) is 6.54 Å². The van der Waals surface area contributed by atoms with Crippen LogP contribution in [0.2, 0.25) is 0 Å². The van der Waals surface area contributed by atoms with Gasteiger partial charge >= 0.3 is 0 Å². The van der Waals surface area contributed by atoms with E-state index in [0.717, 1.165) is 41.4 Å². The number of nitrogens with zero attached hydrogens (tertiary/aromatic N) is 1. The topological polar surface area (TPSA) is 56.3 Å². The largest absolute Gasteiger partial charge is 0.396 e. The van der Waals surface area contributed by atoms with Crippen LogP contribution in [0.25, 0.3) is 10.9 Å². The van der Waals surface area contributed by atoms with Crippen LogP contribution in [0.5, 0.6) is 0 Å². The molecule has 2 aliphatic rings. The van der Waals surface area contributed by atoms with Crippen molar-refractivity contribution in [3.05, 3.63) is 45.7 Å². The molecule has 4 nitrogen and oxygen atoms in total. The minimum absolute atomic E-state index is 0.0341. The van der Waals surface area contributed by atoms with Gasteiger partial charge in [0.05, 0.1) is 0 Å². The second-order valence-electron chi connectivity index (χ2n) is 7.29. The molecular formula is C19H24N2O2. The summed E-state index contributed by atoms with van der Waals surface area (Å²) >= 11 is 0. The summed E-state index contributed by atoms with van der Waals surface area (Å²) in [7, 11) is 0. The number of fused-ring (bicyclic) bond motifs is 3. The number of pyridine rings is 1. The zero-order chi connectivity index (χ0) is 16.0. The average Bonchev–Trinajstić information content (AvgIpc) is 2.77. The van der Waals surface area contributed by atoms with Crippen LogP contribution in [0.3, 0.4) is 0 Å². The summed E-state index contributed by atoms with van der Waals surface area (Å²) in [4.78, 5) is 18.0. The van der Waals surface area contributed by atoms with Gasteiger partial charge in [0.15, 0.2) is 0 Å². The number of piperidine rings is 1. The van der Waals surface area contributed by atoms with Crippen LogP contribution in [0, 0.1) is 12.8 Å². The quantitative estimate of drug-likeness (QED) is 0.916. The van der Waals surface area contributed by atoms with E-state index in [1.54, 1.807) is 0 Å². The molecule has 23 heavy (non-hydrogen) atoms. The van der Waals surface area contributed by atoms with Crippen molar-refractivity contribution >= 4 is 10.9 Å². The molecular weight excluding hydrogens is 288 g/mol. The third-order valence-electron chi connectivity index (χ3n) is 5.67. The molecule has 0 radical (unpaired) electrons. The van der Waals surface area contributed by atoms with Crippen molar-refractivity contribution in [3.8, 4) is 0 Å². The SMILES string of the molecule is Cc1ccc2cc(CN3[C@@H]4CC[C@H]3CC(CO)C4)c(=O)[nH]c2c1. The Labute approximate surface area is 136 Å². The van der Waals surface area contributed by atoms with Gasteiger partial charge in [0.25, 0.3) is 5.56 Å². The predicted octanol–water partition coefficient (Wildman–Crippen LogP) is 2.57. The normalized spacial score (nSPS) is 27.7. The van der Waals surface area contributed by atoms with Gasteiger partial charge in [-0.15, -0.1) is 0 Å². The Bertz CT molecular complexity index is 769. The van der Waals surface area contributed by atoms with E-state index in [4.69, 9.17) is 0 Å². The molecule has 1 unspecified atom stereocenters. The molecule has 3 atom stereocenters. The van der Waals surface area contributed by atoms with Gasteiger partial charge in [-0.3, -0.25) is 9.69 Å². The first kappa shape index (κ1) is 14.9. The Hall–Kier alpha value is -1.65. The van der Waals surface area contributed by atoms with Gasteiger partial charge in [0, 0.05) is 36.3 Å². The summed E-state index contributed by atoms with van der Waals surface area (Å²) in [6.07, 6.45) is 4.53. The summed E-state index contributed by atoms with van der Waals surface area (Å²) in [6, 6.07) is 9.29. The second kappa shape index (κ2) is 5.77. The minimum atomic E-state index is 0.0341. The fourth-order valence-electron chi connectivity index (χ4n) is 4.47. The maximum Gasteiger partial charge on any atom is 0.252 e. The van der Waals surface area contributed by atoms with E-state index >= 15 is 0 Å². The number of aliphatic hydroxyl groups excluding tert-OH is 1. The summed E-state index contributed by atoms with van der Waals surface area (Å²) in [5.41, 5.74) is 2.97. The lowest BCUT2D eigenvalue weighted by molar-refractivity contribution is 0.0681. The number of aryl methyl sites for hydroxylation is 1. The molecule has 2 N–H and O–H groups in total. The van der Waals surface area contributed by atoms with Gasteiger partial charge in [-0.05, 0) is 61.6 Å². The molecule has 1 aromatic carbocycles. The number of aliphatic hydroxyl groups is 1. The van der Waals surface area contributed by atoms with Crippen molar-refractivity contribution in [2.75, 3.05) is 6.61 Å². The van der Waals surface area contributed by atoms with E-state index in [-0.39, 0.29) is 5.56 Å². The monoisotopic (exact) mass is 312 g/mol. The van der Waals surface area contributed by atoms with Gasteiger partial charge in [-0.25, -0.2) is 0 Å². The summed E-state index contributed by atoms with van der Waals surface area (Å²) in [5, 5.41) is 10.5. The zero-order valence-electron chi connectivity index (χ0n) is 13.6. The molecule has 0 aliphatic carbocycles. The standard InChI is InChI=1S/C19H24N2O2/c1-12-2-3-14-9-15(19(23)20-18(14)6-12)10-21-16-4-5-17(21)8-13(7-16)11-22/h2-3,6,9,13,16-17,22H,4-5,7-8,10-11H2,1H3,(H,20,23)/t13?,16-,17+. The molecule has 0 amide bonds. The molecule has 2 aromatic rings. The first-order valence-electron chi connectivity index (χ1n) is 8.63. The number of benzene rings is 1. The lowest BCUT2D eigenvalue weighted by atomic mass is 9.91. The molecule has 1 aromatic heterocycles. The third kappa shape index (κ3) is 2.70. The predicted molar refractivity (Wildman–Crippen MR) is 91.5 cm³/mol. The van der Waals surface area contributed by atoms with Crippen molar-refractivity contribution in [1.82, 2.24) is 9.88 Å². The molecule has 0 spiro atoms. The summed E-state index contributed by atoms with van der Waals surface area (Å²) in [5.74, 6) is 0.446. The van der Waals surface area contributed by atoms with Crippen LogP contribution < -0.4 is 5.56 Å². The highest BCUT2D eigenvalue weighted by Gasteiger charge is 2.40. The number of H-pyrrole nitrogens is 1. The van der Waals surface area contributed by atoms with E-state index < -0.39 is 0 Å². The summed E-state index contributed by atoms with van der Waals surface area (Å²) < 4.78 is 0. The Morgan fingerprint density at radius 1 is 1.22 bits per heavy atom. The lowest BCUT2D eigenvalue weighted by Gasteiger charge is -2.38. The molecule has 2 bridgehead atoms. The van der Waals surface area contributed by atoms with Gasteiger partial charge < -0.3 is 10.1 Å². The van der Waals surface area contributed by atoms with E-state index in [1.807, 2.05) is 19.1 Å². The van der Waals surface area contributed by atoms with E-state index in [1.165, 1.54) is 12.8 Å². The first-order chi connectivity index (χ1) is 11.1. The maximum atomic E-state index is 12.5. The highest BCUT2D eigenvalue weighted by molar-refractivity contribution is 5.79. The van der Waals surface area contributed by atoms with Crippen LogP contribution in [0.1, 0.15) is 36.8 Å². The van der Waals surface area contributed by atoms with Gasteiger partial charge in [0.1, 0.15) is 0 Å². The maximum absolute atomic E-state index is 12.5. The fourth-order valence-corrected chi connectivity index (χ4v) is 4.47. The van der Waals surface area contributed by atoms with Crippen molar-refractivity contribution in [2.45, 2.75) is 51.2 Å². The minimum Gasteiger partial charge on any atom is -0.396 e. The van der Waals surface area contributed by atoms with E-state index in [9.17, 15) is 9.90 Å². The van der Waals surface area contributed by atoms with Crippen LogP contribution in [0.15, 0.2) is 29.1 Å².